The van der Waals surface area contributed by atoms with Crippen LogP contribution >= 0.6 is 0 Å². The predicted octanol–water partition coefficient (Wildman–Crippen LogP) is 3.51. The standard InChI is InChI=1S/C21H20FN7/c1-12-6-19(17(22)10-24-12)26-16-7-15-11-29(5-4-18(15)25-9-16)21-14(3)13(2)20(8-23)27-28-21/h6-7,9-10H,4-5,11H2,1-3H3,(H,24,26). The van der Waals surface area contributed by atoms with Crippen molar-refractivity contribution in [3.8, 4) is 6.07 Å². The number of pyridine rings is 2. The van der Waals surface area contributed by atoms with E-state index in [-0.39, 0.29) is 0 Å². The Bertz CT molecular complexity index is 1140. The smallest absolute Gasteiger partial charge is 0.166 e. The summed E-state index contributed by atoms with van der Waals surface area (Å²) in [5.74, 6) is 0.371. The SMILES string of the molecule is Cc1cc(Nc2cnc3c(c2)CN(c2nnc(C#N)c(C)c2C)CC3)c(F)cn1. The molecule has 8 heteroatoms. The van der Waals surface area contributed by atoms with Crippen LogP contribution in [0.2, 0.25) is 0 Å². The first-order chi connectivity index (χ1) is 14.0. The Labute approximate surface area is 168 Å². The summed E-state index contributed by atoms with van der Waals surface area (Å²) in [5, 5.41) is 20.6. The summed E-state index contributed by atoms with van der Waals surface area (Å²) in [6, 6.07) is 5.73. The fourth-order valence-corrected chi connectivity index (χ4v) is 3.47. The number of aryl methyl sites for hydroxylation is 1. The van der Waals surface area contributed by atoms with Gasteiger partial charge in [-0.1, -0.05) is 0 Å². The van der Waals surface area contributed by atoms with Crippen molar-refractivity contribution in [2.45, 2.75) is 33.7 Å². The molecule has 4 heterocycles. The molecule has 1 aliphatic heterocycles. The minimum atomic E-state index is -0.408. The molecule has 3 aromatic heterocycles. The zero-order chi connectivity index (χ0) is 20.5. The van der Waals surface area contributed by atoms with Gasteiger partial charge in [0.1, 0.15) is 6.07 Å². The molecule has 0 unspecified atom stereocenters. The van der Waals surface area contributed by atoms with Crippen LogP contribution in [-0.2, 0) is 13.0 Å². The molecule has 7 nitrogen and oxygen atoms in total. The summed E-state index contributed by atoms with van der Waals surface area (Å²) in [4.78, 5) is 10.6. The van der Waals surface area contributed by atoms with E-state index in [0.717, 1.165) is 46.9 Å². The zero-order valence-corrected chi connectivity index (χ0v) is 16.5. The van der Waals surface area contributed by atoms with Crippen LogP contribution < -0.4 is 10.2 Å². The molecule has 0 saturated heterocycles. The topological polar surface area (TPSA) is 90.6 Å². The van der Waals surface area contributed by atoms with Crippen LogP contribution in [0.5, 0.6) is 0 Å². The molecule has 146 valence electrons. The number of nitrogens with one attached hydrogen (secondary N) is 1. The number of anilines is 3. The maximum Gasteiger partial charge on any atom is 0.166 e. The lowest BCUT2D eigenvalue weighted by atomic mass is 10.0. The highest BCUT2D eigenvalue weighted by Gasteiger charge is 2.22. The first kappa shape index (κ1) is 18.7. The van der Waals surface area contributed by atoms with Gasteiger partial charge < -0.3 is 10.2 Å². The molecule has 1 N–H and O–H groups in total. The van der Waals surface area contributed by atoms with E-state index in [0.29, 0.717) is 23.6 Å². The Morgan fingerprint density at radius 3 is 2.72 bits per heavy atom. The van der Waals surface area contributed by atoms with Crippen molar-refractivity contribution in [1.29, 1.82) is 5.26 Å². The maximum absolute atomic E-state index is 14.0. The lowest BCUT2D eigenvalue weighted by Gasteiger charge is -2.30. The third-order valence-corrected chi connectivity index (χ3v) is 5.21. The number of halogens is 1. The Balaban J connectivity index is 1.61. The summed E-state index contributed by atoms with van der Waals surface area (Å²) in [6.07, 6.45) is 3.71. The third-order valence-electron chi connectivity index (χ3n) is 5.21. The maximum atomic E-state index is 14.0. The van der Waals surface area contributed by atoms with Crippen molar-refractivity contribution in [1.82, 2.24) is 20.2 Å². The second-order valence-electron chi connectivity index (χ2n) is 7.17. The van der Waals surface area contributed by atoms with Crippen LogP contribution in [0.25, 0.3) is 0 Å². The molecular formula is C21H20FN7. The molecule has 0 spiro atoms. The highest BCUT2D eigenvalue weighted by Crippen LogP contribution is 2.28. The molecule has 0 bridgehead atoms. The van der Waals surface area contributed by atoms with Crippen LogP contribution in [0.3, 0.4) is 0 Å². The lowest BCUT2D eigenvalue weighted by molar-refractivity contribution is 0.624. The van der Waals surface area contributed by atoms with Gasteiger partial charge in [0.2, 0.25) is 0 Å². The summed E-state index contributed by atoms with van der Waals surface area (Å²) in [5.41, 5.74) is 6.05. The summed E-state index contributed by atoms with van der Waals surface area (Å²) in [7, 11) is 0. The second-order valence-corrected chi connectivity index (χ2v) is 7.17. The monoisotopic (exact) mass is 389 g/mol. The minimum Gasteiger partial charge on any atom is -0.352 e. The number of rotatable bonds is 3. The van der Waals surface area contributed by atoms with Gasteiger partial charge in [0, 0.05) is 30.9 Å². The molecular weight excluding hydrogens is 369 g/mol. The van der Waals surface area contributed by atoms with E-state index in [9.17, 15) is 4.39 Å². The summed E-state index contributed by atoms with van der Waals surface area (Å²) in [6.45, 7) is 7.05. The number of hydrogen-bond donors (Lipinski definition) is 1. The zero-order valence-electron chi connectivity index (χ0n) is 16.5. The van der Waals surface area contributed by atoms with Crippen molar-refractivity contribution < 1.29 is 4.39 Å². The molecule has 0 aromatic carbocycles. The van der Waals surface area contributed by atoms with Gasteiger partial charge in [-0.3, -0.25) is 9.97 Å². The highest BCUT2D eigenvalue weighted by molar-refractivity contribution is 5.61. The molecule has 0 atom stereocenters. The van der Waals surface area contributed by atoms with E-state index >= 15 is 0 Å². The van der Waals surface area contributed by atoms with Crippen LogP contribution in [0.15, 0.2) is 24.5 Å². The fraction of sp³-hybridized carbons (Fsp3) is 0.286. The number of aromatic nitrogens is 4. The third kappa shape index (κ3) is 3.59. The summed E-state index contributed by atoms with van der Waals surface area (Å²) < 4.78 is 14.0. The predicted molar refractivity (Wildman–Crippen MR) is 107 cm³/mol. The quantitative estimate of drug-likeness (QED) is 0.733. The summed E-state index contributed by atoms with van der Waals surface area (Å²) >= 11 is 0. The molecule has 0 fully saturated rings. The van der Waals surface area contributed by atoms with Crippen molar-refractivity contribution in [3.05, 3.63) is 64.1 Å². The van der Waals surface area contributed by atoms with Gasteiger partial charge in [0.05, 0.1) is 23.8 Å². The van der Waals surface area contributed by atoms with Crippen molar-refractivity contribution in [2.24, 2.45) is 0 Å². The van der Waals surface area contributed by atoms with Crippen LogP contribution in [0.4, 0.5) is 21.6 Å². The molecule has 1 aliphatic rings. The lowest BCUT2D eigenvalue weighted by Crippen LogP contribution is -2.32. The van der Waals surface area contributed by atoms with Crippen LogP contribution in [-0.4, -0.2) is 26.7 Å². The molecule has 29 heavy (non-hydrogen) atoms. The average Bonchev–Trinajstić information content (AvgIpc) is 2.72. The van der Waals surface area contributed by atoms with E-state index in [2.05, 4.69) is 36.5 Å². The number of fused-ring (bicyclic) bond motifs is 1. The van der Waals surface area contributed by atoms with Gasteiger partial charge >= 0.3 is 0 Å². The van der Waals surface area contributed by atoms with E-state index in [4.69, 9.17) is 5.26 Å². The van der Waals surface area contributed by atoms with Gasteiger partial charge in [-0.15, -0.1) is 10.2 Å². The van der Waals surface area contributed by atoms with E-state index in [1.54, 1.807) is 12.3 Å². The molecule has 0 aliphatic carbocycles. The van der Waals surface area contributed by atoms with Crippen LogP contribution in [0.1, 0.15) is 33.8 Å². The van der Waals surface area contributed by atoms with Crippen molar-refractivity contribution in [3.63, 3.8) is 0 Å². The second kappa shape index (κ2) is 7.43. The van der Waals surface area contributed by atoms with Crippen molar-refractivity contribution >= 4 is 17.2 Å². The van der Waals surface area contributed by atoms with Gasteiger partial charge in [-0.2, -0.15) is 5.26 Å². The molecule has 0 radical (unpaired) electrons. The Morgan fingerprint density at radius 1 is 1.10 bits per heavy atom. The van der Waals surface area contributed by atoms with Crippen molar-refractivity contribution in [2.75, 3.05) is 16.8 Å². The molecule has 4 rings (SSSR count). The van der Waals surface area contributed by atoms with E-state index < -0.39 is 5.82 Å². The van der Waals surface area contributed by atoms with E-state index in [1.165, 1.54) is 6.20 Å². The minimum absolute atomic E-state index is 0.353. The van der Waals surface area contributed by atoms with Gasteiger partial charge in [-0.25, -0.2) is 4.39 Å². The van der Waals surface area contributed by atoms with Crippen LogP contribution in [0, 0.1) is 37.9 Å². The normalized spacial score (nSPS) is 13.0. The number of nitrogens with zero attached hydrogens (tertiary/aromatic N) is 6. The molecule has 0 amide bonds. The number of hydrogen-bond acceptors (Lipinski definition) is 7. The fourth-order valence-electron chi connectivity index (χ4n) is 3.47. The number of nitriles is 1. The van der Waals surface area contributed by atoms with Gasteiger partial charge in [0.15, 0.2) is 17.3 Å². The Hall–Kier alpha value is -3.60. The van der Waals surface area contributed by atoms with Gasteiger partial charge in [0.25, 0.3) is 0 Å². The Kier molecular flexibility index (Phi) is 4.80. The Morgan fingerprint density at radius 2 is 1.93 bits per heavy atom. The first-order valence-electron chi connectivity index (χ1n) is 9.32. The molecule has 0 saturated carbocycles. The van der Waals surface area contributed by atoms with Gasteiger partial charge in [-0.05, 0) is 49.6 Å². The highest BCUT2D eigenvalue weighted by atomic mass is 19.1. The largest absolute Gasteiger partial charge is 0.352 e. The first-order valence-corrected chi connectivity index (χ1v) is 9.32. The molecule has 3 aromatic rings. The average molecular weight is 389 g/mol. The van der Waals surface area contributed by atoms with E-state index in [1.807, 2.05) is 26.8 Å².